The summed E-state index contributed by atoms with van der Waals surface area (Å²) in [5.74, 6) is -0.832. The van der Waals surface area contributed by atoms with Gasteiger partial charge in [-0.15, -0.1) is 0 Å². The van der Waals surface area contributed by atoms with E-state index in [0.29, 0.717) is 29.8 Å². The number of ether oxygens (including phenoxy) is 1. The van der Waals surface area contributed by atoms with E-state index in [-0.39, 0.29) is 23.7 Å². The molecule has 0 radical (unpaired) electrons. The average Bonchev–Trinajstić information content (AvgIpc) is 2.87. The Morgan fingerprint density at radius 2 is 1.95 bits per heavy atom. The van der Waals surface area contributed by atoms with Crippen LogP contribution in [0.15, 0.2) is 23.1 Å². The fraction of sp³-hybridized carbons (Fsp3) is 0.308. The number of aromatic amines is 1. The fourth-order valence-corrected chi connectivity index (χ4v) is 4.29. The number of sulfonamides is 1. The van der Waals surface area contributed by atoms with Crippen molar-refractivity contribution >= 4 is 32.5 Å². The normalized spacial score (nSPS) is 16.9. The highest BCUT2D eigenvalue weighted by atomic mass is 32.2. The van der Waals surface area contributed by atoms with Gasteiger partial charge in [0.25, 0.3) is 5.91 Å². The first-order valence-corrected chi connectivity index (χ1v) is 8.14. The second-order valence-corrected chi connectivity index (χ2v) is 6.89. The van der Waals surface area contributed by atoms with Gasteiger partial charge in [-0.1, -0.05) is 0 Å². The zero-order valence-electron chi connectivity index (χ0n) is 11.7. The number of amides is 1. The molecule has 2 heterocycles. The lowest BCUT2D eigenvalue weighted by Gasteiger charge is -2.26. The number of nitrogens with zero attached hydrogens (tertiary/aromatic N) is 1. The first-order valence-electron chi connectivity index (χ1n) is 6.70. The van der Waals surface area contributed by atoms with Crippen molar-refractivity contribution in [3.8, 4) is 0 Å². The van der Waals surface area contributed by atoms with E-state index < -0.39 is 15.9 Å². The van der Waals surface area contributed by atoms with Crippen molar-refractivity contribution < 1.29 is 17.9 Å². The van der Waals surface area contributed by atoms with Crippen molar-refractivity contribution in [2.24, 2.45) is 5.73 Å². The van der Waals surface area contributed by atoms with Crippen LogP contribution in [0.4, 0.5) is 5.69 Å². The third-order valence-electron chi connectivity index (χ3n) is 3.59. The molecule has 1 aromatic carbocycles. The number of morpholine rings is 1. The Morgan fingerprint density at radius 1 is 1.27 bits per heavy atom. The molecule has 2 aromatic rings. The Labute approximate surface area is 127 Å². The topological polar surface area (TPSA) is 132 Å². The minimum absolute atomic E-state index is 0.121. The summed E-state index contributed by atoms with van der Waals surface area (Å²) in [5, 5.41) is 0.361. The predicted octanol–water partition coefficient (Wildman–Crippen LogP) is -0.130. The molecule has 0 unspecified atom stereocenters. The van der Waals surface area contributed by atoms with Crippen LogP contribution in [0, 0.1) is 0 Å². The molecular formula is C13H16N4O4S. The van der Waals surface area contributed by atoms with Gasteiger partial charge in [-0.05, 0) is 18.2 Å². The van der Waals surface area contributed by atoms with Gasteiger partial charge >= 0.3 is 0 Å². The molecule has 1 aromatic heterocycles. The number of hydrogen-bond acceptors (Lipinski definition) is 5. The summed E-state index contributed by atoms with van der Waals surface area (Å²) in [6.45, 7) is 1.09. The monoisotopic (exact) mass is 324 g/mol. The van der Waals surface area contributed by atoms with Crippen LogP contribution in [0.25, 0.3) is 10.9 Å². The summed E-state index contributed by atoms with van der Waals surface area (Å²) in [6, 6.07) is 4.76. The van der Waals surface area contributed by atoms with Crippen molar-refractivity contribution in [1.29, 1.82) is 0 Å². The van der Waals surface area contributed by atoms with Gasteiger partial charge in [0.05, 0.1) is 13.2 Å². The Bertz CT molecular complexity index is 837. The number of carbonyl (C=O) groups excluding carboxylic acids is 1. The van der Waals surface area contributed by atoms with Gasteiger partial charge < -0.3 is 21.2 Å². The maximum absolute atomic E-state index is 12.9. The Morgan fingerprint density at radius 3 is 2.59 bits per heavy atom. The SMILES string of the molecule is NC(=O)c1[nH]c2ccc(N)cc2c1S(=O)(=O)N1CCOCC1. The van der Waals surface area contributed by atoms with Crippen molar-refractivity contribution in [3.05, 3.63) is 23.9 Å². The molecule has 1 aliphatic heterocycles. The second kappa shape index (κ2) is 5.27. The highest BCUT2D eigenvalue weighted by molar-refractivity contribution is 7.89. The molecule has 1 fully saturated rings. The molecule has 5 N–H and O–H groups in total. The first kappa shape index (κ1) is 14.8. The Hall–Kier alpha value is -2.10. The highest BCUT2D eigenvalue weighted by Crippen LogP contribution is 2.31. The van der Waals surface area contributed by atoms with Gasteiger partial charge in [0, 0.05) is 29.7 Å². The van der Waals surface area contributed by atoms with Crippen molar-refractivity contribution in [2.45, 2.75) is 4.90 Å². The number of H-pyrrole nitrogens is 1. The number of nitrogen functional groups attached to an aromatic ring is 1. The number of benzene rings is 1. The third kappa shape index (κ3) is 2.32. The predicted molar refractivity (Wildman–Crippen MR) is 80.8 cm³/mol. The number of aromatic nitrogens is 1. The molecule has 8 nitrogen and oxygen atoms in total. The van der Waals surface area contributed by atoms with Crippen LogP contribution in [0.5, 0.6) is 0 Å². The van der Waals surface area contributed by atoms with Gasteiger partial charge in [-0.2, -0.15) is 4.31 Å². The molecule has 1 amide bonds. The molecule has 0 atom stereocenters. The van der Waals surface area contributed by atoms with Crippen LogP contribution < -0.4 is 11.5 Å². The van der Waals surface area contributed by atoms with Crippen molar-refractivity contribution in [2.75, 3.05) is 32.0 Å². The van der Waals surface area contributed by atoms with E-state index in [1.54, 1.807) is 12.1 Å². The molecule has 1 saturated heterocycles. The molecule has 0 bridgehead atoms. The van der Waals surface area contributed by atoms with Crippen LogP contribution in [0.3, 0.4) is 0 Å². The summed E-state index contributed by atoms with van der Waals surface area (Å²) < 4.78 is 32.3. The van der Waals surface area contributed by atoms with E-state index in [1.165, 1.54) is 10.4 Å². The van der Waals surface area contributed by atoms with Crippen LogP contribution in [-0.2, 0) is 14.8 Å². The number of rotatable bonds is 3. The Balaban J connectivity index is 2.25. The number of hydrogen-bond donors (Lipinski definition) is 3. The summed E-state index contributed by atoms with van der Waals surface area (Å²) in [4.78, 5) is 14.3. The van der Waals surface area contributed by atoms with Gasteiger partial charge in [-0.3, -0.25) is 4.79 Å². The summed E-state index contributed by atoms with van der Waals surface area (Å²) in [5.41, 5.74) is 11.8. The van der Waals surface area contributed by atoms with Gasteiger partial charge in [0.15, 0.2) is 0 Å². The van der Waals surface area contributed by atoms with Crippen LogP contribution >= 0.6 is 0 Å². The fourth-order valence-electron chi connectivity index (χ4n) is 2.54. The van der Waals surface area contributed by atoms with E-state index in [0.717, 1.165) is 0 Å². The maximum Gasteiger partial charge on any atom is 0.266 e. The smallest absolute Gasteiger partial charge is 0.266 e. The Kier molecular flexibility index (Phi) is 3.55. The average molecular weight is 324 g/mol. The molecule has 118 valence electrons. The van der Waals surface area contributed by atoms with E-state index in [4.69, 9.17) is 16.2 Å². The minimum Gasteiger partial charge on any atom is -0.399 e. The minimum atomic E-state index is -3.87. The highest BCUT2D eigenvalue weighted by Gasteiger charge is 2.33. The lowest BCUT2D eigenvalue weighted by Crippen LogP contribution is -2.41. The number of fused-ring (bicyclic) bond motifs is 1. The van der Waals surface area contributed by atoms with Crippen LogP contribution in [0.2, 0.25) is 0 Å². The molecule has 9 heteroatoms. The third-order valence-corrected chi connectivity index (χ3v) is 5.57. The van der Waals surface area contributed by atoms with E-state index in [9.17, 15) is 13.2 Å². The summed E-state index contributed by atoms with van der Waals surface area (Å²) >= 11 is 0. The summed E-state index contributed by atoms with van der Waals surface area (Å²) in [7, 11) is -3.87. The zero-order chi connectivity index (χ0) is 15.9. The maximum atomic E-state index is 12.9. The molecular weight excluding hydrogens is 308 g/mol. The quantitative estimate of drug-likeness (QED) is 0.677. The first-order chi connectivity index (χ1) is 10.4. The van der Waals surface area contributed by atoms with Gasteiger partial charge in [0.1, 0.15) is 10.6 Å². The largest absolute Gasteiger partial charge is 0.399 e. The lowest BCUT2D eigenvalue weighted by molar-refractivity contribution is 0.0730. The summed E-state index contributed by atoms with van der Waals surface area (Å²) in [6.07, 6.45) is 0. The molecule has 0 spiro atoms. The zero-order valence-corrected chi connectivity index (χ0v) is 12.5. The lowest BCUT2D eigenvalue weighted by atomic mass is 10.2. The van der Waals surface area contributed by atoms with Crippen molar-refractivity contribution in [3.63, 3.8) is 0 Å². The standard InChI is InChI=1S/C13H16N4O4S/c14-8-1-2-10-9(7-8)12(11(16-10)13(15)18)22(19,20)17-3-5-21-6-4-17/h1-2,7,16H,3-6,14H2,(H2,15,18). The van der Waals surface area contributed by atoms with E-state index in [1.807, 2.05) is 0 Å². The number of primary amides is 1. The van der Waals surface area contributed by atoms with E-state index >= 15 is 0 Å². The van der Waals surface area contributed by atoms with Crippen molar-refractivity contribution in [1.82, 2.24) is 9.29 Å². The molecule has 1 aliphatic rings. The molecule has 3 rings (SSSR count). The van der Waals surface area contributed by atoms with E-state index in [2.05, 4.69) is 4.98 Å². The second-order valence-electron chi connectivity index (χ2n) is 5.01. The van der Waals surface area contributed by atoms with Gasteiger partial charge in [0.2, 0.25) is 10.0 Å². The number of anilines is 1. The number of nitrogens with one attached hydrogen (secondary N) is 1. The van der Waals surface area contributed by atoms with Crippen LogP contribution in [-0.4, -0.2) is 49.9 Å². The van der Waals surface area contributed by atoms with Crippen LogP contribution in [0.1, 0.15) is 10.5 Å². The molecule has 0 saturated carbocycles. The molecule has 0 aliphatic carbocycles. The molecule has 22 heavy (non-hydrogen) atoms. The number of carbonyl (C=O) groups is 1. The van der Waals surface area contributed by atoms with Gasteiger partial charge in [-0.25, -0.2) is 8.42 Å². The number of nitrogens with two attached hydrogens (primary N) is 2.